The largest absolute Gasteiger partial charge is 0.246 e. The maximum atomic E-state index is 11.4. The van der Waals surface area contributed by atoms with Crippen LogP contribution in [0.1, 0.15) is 11.3 Å². The van der Waals surface area contributed by atoms with Gasteiger partial charge >= 0.3 is 0 Å². The molecule has 1 heterocycles. The lowest BCUT2D eigenvalue weighted by Crippen LogP contribution is -1.96. The summed E-state index contributed by atoms with van der Waals surface area (Å²) in [5.41, 5.74) is 1.34. The molecule has 0 saturated heterocycles. The van der Waals surface area contributed by atoms with Gasteiger partial charge in [-0.05, 0) is 43.3 Å². The third-order valence-electron chi connectivity index (χ3n) is 2.53. The van der Waals surface area contributed by atoms with Crippen LogP contribution >= 0.6 is 11.8 Å². The quantitative estimate of drug-likeness (QED) is 0.872. The van der Waals surface area contributed by atoms with Crippen LogP contribution in [0.25, 0.3) is 0 Å². The maximum absolute atomic E-state index is 11.4. The normalized spacial score (nSPS) is 11.1. The van der Waals surface area contributed by atoms with Crippen LogP contribution in [-0.2, 0) is 9.84 Å². The average molecular weight is 304 g/mol. The van der Waals surface area contributed by atoms with Gasteiger partial charge in [0.05, 0.1) is 16.5 Å². The maximum Gasteiger partial charge on any atom is 0.175 e. The van der Waals surface area contributed by atoms with Gasteiger partial charge in [-0.1, -0.05) is 11.8 Å². The van der Waals surface area contributed by atoms with Crippen LogP contribution in [0.3, 0.4) is 0 Å². The molecule has 2 rings (SSSR count). The van der Waals surface area contributed by atoms with E-state index >= 15 is 0 Å². The third-order valence-corrected chi connectivity index (χ3v) is 4.59. The summed E-state index contributed by atoms with van der Waals surface area (Å²) in [7, 11) is -3.18. The summed E-state index contributed by atoms with van der Waals surface area (Å²) in [6, 6.07) is 12.1. The van der Waals surface area contributed by atoms with Gasteiger partial charge in [0.1, 0.15) is 5.03 Å². The Hall–Kier alpha value is -1.84. The molecular weight excluding hydrogens is 292 g/mol. The molecule has 0 amide bonds. The highest BCUT2D eigenvalue weighted by molar-refractivity contribution is 7.99. The minimum atomic E-state index is -3.18. The summed E-state index contributed by atoms with van der Waals surface area (Å²) in [5, 5.41) is 9.64. The van der Waals surface area contributed by atoms with E-state index in [9.17, 15) is 8.42 Å². The Kier molecular flexibility index (Phi) is 4.12. The van der Waals surface area contributed by atoms with E-state index in [0.29, 0.717) is 10.6 Å². The zero-order chi connectivity index (χ0) is 14.8. The number of hydrogen-bond donors (Lipinski definition) is 0. The summed E-state index contributed by atoms with van der Waals surface area (Å²) in [5.74, 6) is 0. The molecule has 1 aromatic carbocycles. The Balaban J connectivity index is 2.27. The van der Waals surface area contributed by atoms with Gasteiger partial charge in [0.15, 0.2) is 9.84 Å². The second-order valence-corrected chi connectivity index (χ2v) is 7.40. The van der Waals surface area contributed by atoms with Crippen LogP contribution < -0.4 is 0 Å². The fourth-order valence-electron chi connectivity index (χ4n) is 1.63. The molecule has 6 heteroatoms. The van der Waals surface area contributed by atoms with Crippen LogP contribution in [0.4, 0.5) is 0 Å². The smallest absolute Gasteiger partial charge is 0.175 e. The van der Waals surface area contributed by atoms with Crippen LogP contribution in [0, 0.1) is 18.3 Å². The van der Waals surface area contributed by atoms with Crippen molar-refractivity contribution in [3.63, 3.8) is 0 Å². The zero-order valence-corrected chi connectivity index (χ0v) is 12.6. The van der Waals surface area contributed by atoms with Gasteiger partial charge in [0.25, 0.3) is 0 Å². The average Bonchev–Trinajstić information content (AvgIpc) is 2.37. The van der Waals surface area contributed by atoms with Crippen molar-refractivity contribution in [1.29, 1.82) is 5.26 Å². The highest BCUT2D eigenvalue weighted by Gasteiger charge is 2.07. The van der Waals surface area contributed by atoms with E-state index in [1.807, 2.05) is 6.92 Å². The Morgan fingerprint density at radius 3 is 2.40 bits per heavy atom. The molecule has 1 aromatic heterocycles. The molecule has 0 N–H and O–H groups in total. The molecule has 0 fully saturated rings. The Labute approximate surface area is 122 Å². The predicted octanol–water partition coefficient (Wildman–Crippen LogP) is 2.82. The lowest BCUT2D eigenvalue weighted by atomic mass is 10.2. The SMILES string of the molecule is Cc1cc(C#N)cc(Sc2ccc(S(C)(=O)=O)cc2)n1. The van der Waals surface area contributed by atoms with E-state index < -0.39 is 9.84 Å². The second-order valence-electron chi connectivity index (χ2n) is 4.29. The molecule has 0 aliphatic heterocycles. The highest BCUT2D eigenvalue weighted by atomic mass is 32.2. The minimum Gasteiger partial charge on any atom is -0.246 e. The lowest BCUT2D eigenvalue weighted by molar-refractivity contribution is 0.602. The van der Waals surface area contributed by atoms with E-state index in [1.54, 1.807) is 36.4 Å². The van der Waals surface area contributed by atoms with E-state index in [-0.39, 0.29) is 4.90 Å². The fraction of sp³-hybridized carbons (Fsp3) is 0.143. The summed E-state index contributed by atoms with van der Waals surface area (Å²) < 4.78 is 22.8. The topological polar surface area (TPSA) is 70.8 Å². The van der Waals surface area contributed by atoms with Crippen molar-refractivity contribution in [3.8, 4) is 6.07 Å². The molecule has 0 aliphatic carbocycles. The molecule has 4 nitrogen and oxygen atoms in total. The van der Waals surface area contributed by atoms with Crippen molar-refractivity contribution < 1.29 is 8.42 Å². The van der Waals surface area contributed by atoms with E-state index in [4.69, 9.17) is 5.26 Å². The number of rotatable bonds is 3. The summed E-state index contributed by atoms with van der Waals surface area (Å²) in [6.45, 7) is 1.83. The molecule has 0 bridgehead atoms. The molecular formula is C14H12N2O2S2. The van der Waals surface area contributed by atoms with Crippen molar-refractivity contribution >= 4 is 21.6 Å². The van der Waals surface area contributed by atoms with Gasteiger partial charge in [-0.15, -0.1) is 0 Å². The summed E-state index contributed by atoms with van der Waals surface area (Å²) in [6.07, 6.45) is 1.18. The van der Waals surface area contributed by atoms with Crippen molar-refractivity contribution in [2.75, 3.05) is 6.26 Å². The Bertz CT molecular complexity index is 776. The molecule has 20 heavy (non-hydrogen) atoms. The number of benzene rings is 1. The summed E-state index contributed by atoms with van der Waals surface area (Å²) >= 11 is 1.39. The third kappa shape index (κ3) is 3.59. The van der Waals surface area contributed by atoms with Gasteiger partial charge in [-0.2, -0.15) is 5.26 Å². The highest BCUT2D eigenvalue weighted by Crippen LogP contribution is 2.27. The second kappa shape index (κ2) is 5.65. The zero-order valence-electron chi connectivity index (χ0n) is 11.0. The number of aromatic nitrogens is 1. The summed E-state index contributed by atoms with van der Waals surface area (Å²) in [4.78, 5) is 5.50. The van der Waals surface area contributed by atoms with Crippen molar-refractivity contribution in [3.05, 3.63) is 47.7 Å². The Morgan fingerprint density at radius 2 is 1.85 bits per heavy atom. The van der Waals surface area contributed by atoms with Crippen LogP contribution in [0.5, 0.6) is 0 Å². The first-order chi connectivity index (χ1) is 9.38. The number of pyridine rings is 1. The van der Waals surface area contributed by atoms with Gasteiger partial charge in [0.2, 0.25) is 0 Å². The van der Waals surface area contributed by atoms with Gasteiger partial charge in [-0.3, -0.25) is 0 Å². The number of aryl methyl sites for hydroxylation is 1. The number of nitrogens with zero attached hydrogens (tertiary/aromatic N) is 2. The first-order valence-electron chi connectivity index (χ1n) is 5.75. The van der Waals surface area contributed by atoms with Crippen LogP contribution in [0.2, 0.25) is 0 Å². The van der Waals surface area contributed by atoms with Gasteiger partial charge in [0, 0.05) is 16.8 Å². The molecule has 0 unspecified atom stereocenters. The molecule has 102 valence electrons. The first-order valence-corrected chi connectivity index (χ1v) is 8.46. The molecule has 0 radical (unpaired) electrons. The van der Waals surface area contributed by atoms with Crippen molar-refractivity contribution in [2.45, 2.75) is 21.7 Å². The number of nitriles is 1. The monoisotopic (exact) mass is 304 g/mol. The molecule has 0 spiro atoms. The van der Waals surface area contributed by atoms with E-state index in [1.165, 1.54) is 18.0 Å². The molecule has 0 saturated carbocycles. The lowest BCUT2D eigenvalue weighted by Gasteiger charge is -2.04. The van der Waals surface area contributed by atoms with Gasteiger partial charge in [-0.25, -0.2) is 13.4 Å². The standard InChI is InChI=1S/C14H12N2O2S2/c1-10-7-11(9-15)8-14(16-10)19-12-3-5-13(6-4-12)20(2,17)18/h3-8H,1-2H3. The van der Waals surface area contributed by atoms with E-state index in [2.05, 4.69) is 11.1 Å². The first kappa shape index (κ1) is 14.6. The van der Waals surface area contributed by atoms with Gasteiger partial charge < -0.3 is 0 Å². The van der Waals surface area contributed by atoms with Crippen LogP contribution in [0.15, 0.2) is 51.2 Å². The molecule has 2 aromatic rings. The molecule has 0 aliphatic rings. The number of sulfone groups is 1. The van der Waals surface area contributed by atoms with Crippen molar-refractivity contribution in [2.24, 2.45) is 0 Å². The fourth-order valence-corrected chi connectivity index (χ4v) is 3.15. The number of hydrogen-bond acceptors (Lipinski definition) is 5. The molecule has 0 atom stereocenters. The van der Waals surface area contributed by atoms with Crippen LogP contribution in [-0.4, -0.2) is 19.7 Å². The van der Waals surface area contributed by atoms with Crippen molar-refractivity contribution in [1.82, 2.24) is 4.98 Å². The Morgan fingerprint density at radius 1 is 1.20 bits per heavy atom. The predicted molar refractivity (Wildman–Crippen MR) is 77.4 cm³/mol. The minimum absolute atomic E-state index is 0.289. The van der Waals surface area contributed by atoms with E-state index in [0.717, 1.165) is 10.6 Å².